The van der Waals surface area contributed by atoms with E-state index in [4.69, 9.17) is 42.1 Å². The molecule has 2 aliphatic rings. The Morgan fingerprint density at radius 1 is 0.962 bits per heavy atom. The van der Waals surface area contributed by atoms with Gasteiger partial charge in [-0.15, -0.1) is 0 Å². The highest BCUT2D eigenvalue weighted by molar-refractivity contribution is 6.37. The first kappa shape index (κ1) is 39.4. The summed E-state index contributed by atoms with van der Waals surface area (Å²) >= 11 is 12.6. The second-order valence-electron chi connectivity index (χ2n) is 13.4. The minimum atomic E-state index is -1.79. The second kappa shape index (κ2) is 17.8. The van der Waals surface area contributed by atoms with Crippen molar-refractivity contribution in [3.8, 4) is 11.5 Å². The molecular formula is C38H47Cl2N3O9. The summed E-state index contributed by atoms with van der Waals surface area (Å²) < 4.78 is 23.6. The highest BCUT2D eigenvalue weighted by Crippen LogP contribution is 2.41. The van der Waals surface area contributed by atoms with Crippen LogP contribution in [0.1, 0.15) is 47.9 Å². The molecule has 282 valence electrons. The van der Waals surface area contributed by atoms with Gasteiger partial charge in [-0.25, -0.2) is 4.79 Å². The quantitative estimate of drug-likeness (QED) is 0.170. The van der Waals surface area contributed by atoms with Crippen LogP contribution in [0.4, 0.5) is 4.79 Å². The number of carbonyl (C=O) groups excluding carboxylic acids is 1. The molecule has 12 nitrogen and oxygen atoms in total. The number of methoxy groups -OCH3 is 2. The van der Waals surface area contributed by atoms with Gasteiger partial charge >= 0.3 is 6.09 Å². The smallest absolute Gasteiger partial charge is 0.407 e. The van der Waals surface area contributed by atoms with E-state index in [-0.39, 0.29) is 56.7 Å². The molecule has 0 radical (unpaired) electrons. The number of piperidine rings is 1. The van der Waals surface area contributed by atoms with Crippen LogP contribution in [-0.2, 0) is 39.4 Å². The average molecular weight is 761 g/mol. The summed E-state index contributed by atoms with van der Waals surface area (Å²) in [5.41, 5.74) is 0.839. The molecular weight excluding hydrogens is 713 g/mol. The fraction of sp³-hybridized carbons (Fsp3) is 0.500. The summed E-state index contributed by atoms with van der Waals surface area (Å²) in [6.07, 6.45) is 3.45. The summed E-state index contributed by atoms with van der Waals surface area (Å²) in [6.45, 7) is 3.56. The van der Waals surface area contributed by atoms with Crippen molar-refractivity contribution in [2.24, 2.45) is 5.92 Å². The van der Waals surface area contributed by atoms with Gasteiger partial charge in [0.1, 0.15) is 24.6 Å². The number of aromatic nitrogens is 1. The van der Waals surface area contributed by atoms with Crippen LogP contribution in [0, 0.1) is 12.8 Å². The molecule has 14 heteroatoms. The minimum absolute atomic E-state index is 0.000270. The Hall–Kier alpha value is -3.81. The Labute approximate surface area is 313 Å². The minimum Gasteiger partial charge on any atom is -0.491 e. The number of pyridine rings is 1. The van der Waals surface area contributed by atoms with Gasteiger partial charge < -0.3 is 43.5 Å². The summed E-state index contributed by atoms with van der Waals surface area (Å²) in [7, 11) is 3.27. The molecule has 2 heterocycles. The van der Waals surface area contributed by atoms with E-state index < -0.39 is 23.2 Å². The van der Waals surface area contributed by atoms with Crippen LogP contribution in [0.5, 0.6) is 11.5 Å². The van der Waals surface area contributed by atoms with Crippen LogP contribution in [0.3, 0.4) is 0 Å². The van der Waals surface area contributed by atoms with E-state index in [9.17, 15) is 24.6 Å². The van der Waals surface area contributed by atoms with Crippen LogP contribution < -0.4 is 15.0 Å². The first-order chi connectivity index (χ1) is 24.9. The lowest BCUT2D eigenvalue weighted by Gasteiger charge is -2.44. The third-order valence-electron chi connectivity index (χ3n) is 9.55. The fourth-order valence-corrected chi connectivity index (χ4v) is 7.36. The molecule has 52 heavy (non-hydrogen) atoms. The first-order valence-electron chi connectivity index (χ1n) is 17.5. The number of nitrogens with zero attached hydrogens (tertiary/aromatic N) is 3. The van der Waals surface area contributed by atoms with E-state index in [1.165, 1.54) is 10.6 Å². The highest BCUT2D eigenvalue weighted by Gasteiger charge is 2.51. The zero-order valence-electron chi connectivity index (χ0n) is 29.8. The number of hydrogen-bond acceptors (Lipinski definition) is 8. The average Bonchev–Trinajstić information content (AvgIpc) is 3.94. The van der Waals surface area contributed by atoms with E-state index in [2.05, 4.69) is 0 Å². The lowest BCUT2D eigenvalue weighted by Crippen LogP contribution is -2.57. The first-order valence-corrected chi connectivity index (χ1v) is 18.2. The molecule has 1 aromatic heterocycles. The van der Waals surface area contributed by atoms with Crippen LogP contribution in [0.25, 0.3) is 0 Å². The zero-order chi connectivity index (χ0) is 37.4. The normalized spacial score (nSPS) is 18.7. The van der Waals surface area contributed by atoms with Crippen LogP contribution >= 0.6 is 23.2 Å². The van der Waals surface area contributed by atoms with Gasteiger partial charge in [-0.05, 0) is 91.6 Å². The van der Waals surface area contributed by atoms with Crippen molar-refractivity contribution in [2.75, 3.05) is 53.7 Å². The molecule has 5 rings (SSSR count). The molecule has 1 aliphatic carbocycles. The number of likely N-dealkylation sites (tertiary alicyclic amines) is 1. The topological polar surface area (TPSA) is 140 Å². The number of ether oxygens (including phenoxy) is 4. The predicted molar refractivity (Wildman–Crippen MR) is 197 cm³/mol. The maximum atomic E-state index is 14.6. The molecule has 1 saturated heterocycles. The molecule has 2 amide bonds. The lowest BCUT2D eigenvalue weighted by atomic mass is 9.75. The Kier molecular flexibility index (Phi) is 13.5. The van der Waals surface area contributed by atoms with Gasteiger partial charge in [0, 0.05) is 58.8 Å². The van der Waals surface area contributed by atoms with Crippen molar-refractivity contribution in [2.45, 2.75) is 63.8 Å². The van der Waals surface area contributed by atoms with Gasteiger partial charge in [0.25, 0.3) is 5.56 Å². The number of carboxylic acid groups (broad SMARTS) is 1. The van der Waals surface area contributed by atoms with Crippen molar-refractivity contribution < 1.29 is 38.7 Å². The molecule has 0 spiro atoms. The molecule has 0 bridgehead atoms. The van der Waals surface area contributed by atoms with Gasteiger partial charge in [-0.2, -0.15) is 0 Å². The SMILES string of the molecule is COCCCc1cc(CN(C(=O)C2CN(C(=O)O)CCC2(O)c2ccn(CCOc3c(Cl)cc(C)cc3Cl)c(=O)c2)C2CC2)cc(OCCOC)c1. The summed E-state index contributed by atoms with van der Waals surface area (Å²) in [6, 6.07) is 12.3. The maximum Gasteiger partial charge on any atom is 0.407 e. The van der Waals surface area contributed by atoms with E-state index in [0.717, 1.165) is 47.3 Å². The van der Waals surface area contributed by atoms with Crippen molar-refractivity contribution in [1.29, 1.82) is 0 Å². The van der Waals surface area contributed by atoms with E-state index >= 15 is 0 Å². The number of aryl methyl sites for hydroxylation is 2. The molecule has 2 fully saturated rings. The molecule has 1 saturated carbocycles. The summed E-state index contributed by atoms with van der Waals surface area (Å²) in [5.74, 6) is -0.531. The standard InChI is InChI=1S/C38H47Cl2N3O9/c1-25-17-32(39)35(33(40)18-25)52-14-12-41-10-8-28(22-34(41)44)38(48)9-11-42(37(46)47)24-31(38)36(45)43(29-6-7-29)23-27-19-26(5-4-13-49-2)20-30(21-27)51-16-15-50-3/h8,10,17-22,29,31,48H,4-7,9,11-16,23-24H2,1-3H3,(H,46,47). The Bertz CT molecular complexity index is 1730. The van der Waals surface area contributed by atoms with E-state index in [1.54, 1.807) is 43.5 Å². The second-order valence-corrected chi connectivity index (χ2v) is 14.2. The number of carbonyl (C=O) groups is 2. The molecule has 1 aliphatic heterocycles. The third kappa shape index (κ3) is 9.78. The van der Waals surface area contributed by atoms with Crippen molar-refractivity contribution in [1.82, 2.24) is 14.4 Å². The van der Waals surface area contributed by atoms with Gasteiger partial charge in [0.2, 0.25) is 5.91 Å². The van der Waals surface area contributed by atoms with E-state index in [0.29, 0.717) is 41.4 Å². The number of amides is 2. The van der Waals surface area contributed by atoms with Crippen molar-refractivity contribution in [3.63, 3.8) is 0 Å². The Morgan fingerprint density at radius 2 is 1.67 bits per heavy atom. The van der Waals surface area contributed by atoms with Crippen LogP contribution in [-0.4, -0.2) is 96.4 Å². The Morgan fingerprint density at radius 3 is 2.33 bits per heavy atom. The van der Waals surface area contributed by atoms with Gasteiger partial charge in [-0.1, -0.05) is 29.3 Å². The van der Waals surface area contributed by atoms with Crippen molar-refractivity contribution >= 4 is 35.2 Å². The molecule has 2 N–H and O–H groups in total. The van der Waals surface area contributed by atoms with Gasteiger partial charge in [0.15, 0.2) is 5.75 Å². The number of hydrogen-bond donors (Lipinski definition) is 2. The maximum absolute atomic E-state index is 14.6. The molecule has 2 atom stereocenters. The lowest BCUT2D eigenvalue weighted by molar-refractivity contribution is -0.154. The predicted octanol–water partition coefficient (Wildman–Crippen LogP) is 5.53. The number of halogens is 2. The monoisotopic (exact) mass is 759 g/mol. The summed E-state index contributed by atoms with van der Waals surface area (Å²) in [4.78, 5) is 43.0. The number of aliphatic hydroxyl groups is 1. The largest absolute Gasteiger partial charge is 0.491 e. The Balaban J connectivity index is 1.38. The van der Waals surface area contributed by atoms with Gasteiger partial charge in [-0.3, -0.25) is 9.59 Å². The molecule has 2 aromatic carbocycles. The number of rotatable bonds is 17. The van der Waals surface area contributed by atoms with Crippen molar-refractivity contribution in [3.05, 3.63) is 91.3 Å². The number of benzene rings is 2. The van der Waals surface area contributed by atoms with Crippen LogP contribution in [0.2, 0.25) is 10.0 Å². The highest BCUT2D eigenvalue weighted by atomic mass is 35.5. The summed E-state index contributed by atoms with van der Waals surface area (Å²) in [5, 5.41) is 23.0. The molecule has 2 unspecified atom stereocenters. The van der Waals surface area contributed by atoms with Gasteiger partial charge in [0.05, 0.1) is 29.1 Å². The molecule has 3 aromatic rings. The fourth-order valence-electron chi connectivity index (χ4n) is 6.66. The van der Waals surface area contributed by atoms with Crippen LogP contribution in [0.15, 0.2) is 53.5 Å². The third-order valence-corrected chi connectivity index (χ3v) is 10.1. The van der Waals surface area contributed by atoms with E-state index in [1.807, 2.05) is 25.1 Å². The zero-order valence-corrected chi connectivity index (χ0v) is 31.3.